The smallest absolute Gasteiger partial charge is 0.303 e. The van der Waals surface area contributed by atoms with Crippen LogP contribution in [0.3, 0.4) is 0 Å². The first-order valence-electron chi connectivity index (χ1n) is 16.1. The Morgan fingerprint density at radius 2 is 1.85 bits per heavy atom. The van der Waals surface area contributed by atoms with Gasteiger partial charge in [-0.15, -0.1) is 0 Å². The number of carboxylic acid groups (broad SMARTS) is 1. The summed E-state index contributed by atoms with van der Waals surface area (Å²) >= 11 is 0. The molecule has 0 saturated carbocycles. The van der Waals surface area contributed by atoms with Gasteiger partial charge in [-0.25, -0.2) is 17.6 Å². The lowest BCUT2D eigenvalue weighted by molar-refractivity contribution is -0.679. The van der Waals surface area contributed by atoms with Crippen LogP contribution in [0.25, 0.3) is 16.6 Å². The number of anilines is 1. The van der Waals surface area contributed by atoms with E-state index in [0.29, 0.717) is 26.2 Å². The van der Waals surface area contributed by atoms with E-state index in [1.54, 1.807) is 12.1 Å². The van der Waals surface area contributed by atoms with Crippen molar-refractivity contribution in [2.24, 2.45) is 0 Å². The van der Waals surface area contributed by atoms with Crippen molar-refractivity contribution in [1.82, 2.24) is 4.57 Å². The Labute approximate surface area is 267 Å². The number of benzene rings is 2. The summed E-state index contributed by atoms with van der Waals surface area (Å²) in [7, 11) is -4.59. The SMILES string of the molecule is CC1(C)C2=C3C=C4c5n(CCCCCC(=O)O)c6cc7c(cc6[n+]5CCC4OC3CCN2c2ccc(S(=O)(=O)[O-])cc21)OCCO7. The second-order valence-corrected chi connectivity index (χ2v) is 14.7. The van der Waals surface area contributed by atoms with Gasteiger partial charge in [-0.3, -0.25) is 4.79 Å². The van der Waals surface area contributed by atoms with Gasteiger partial charge < -0.3 is 28.8 Å². The maximum Gasteiger partial charge on any atom is 0.303 e. The summed E-state index contributed by atoms with van der Waals surface area (Å²) < 4.78 is 59.3. The molecule has 46 heavy (non-hydrogen) atoms. The monoisotopic (exact) mass is 647 g/mol. The van der Waals surface area contributed by atoms with E-state index in [0.717, 1.165) is 95.2 Å². The summed E-state index contributed by atoms with van der Waals surface area (Å²) in [5.41, 5.74) is 6.58. The van der Waals surface area contributed by atoms with Crippen LogP contribution in [0, 0.1) is 0 Å². The van der Waals surface area contributed by atoms with Crippen molar-refractivity contribution in [3.63, 3.8) is 0 Å². The van der Waals surface area contributed by atoms with E-state index >= 15 is 0 Å². The number of fused-ring (bicyclic) bond motifs is 10. The van der Waals surface area contributed by atoms with E-state index in [1.807, 2.05) is 0 Å². The molecule has 12 heteroatoms. The number of carboxylic acids is 1. The van der Waals surface area contributed by atoms with Crippen molar-refractivity contribution in [3.8, 4) is 11.5 Å². The average molecular weight is 648 g/mol. The molecule has 5 aliphatic heterocycles. The Hall–Kier alpha value is -3.87. The molecule has 11 nitrogen and oxygen atoms in total. The fourth-order valence-electron chi connectivity index (χ4n) is 8.17. The molecule has 0 amide bonds. The summed E-state index contributed by atoms with van der Waals surface area (Å²) in [4.78, 5) is 13.2. The summed E-state index contributed by atoms with van der Waals surface area (Å²) in [5, 5.41) is 9.14. The minimum atomic E-state index is -4.59. The average Bonchev–Trinajstić information content (AvgIpc) is 3.45. The van der Waals surface area contributed by atoms with Crippen molar-refractivity contribution in [1.29, 1.82) is 0 Å². The molecule has 5 aliphatic rings. The van der Waals surface area contributed by atoms with E-state index in [9.17, 15) is 17.8 Å². The molecule has 8 rings (SSSR count). The molecule has 0 spiro atoms. The van der Waals surface area contributed by atoms with Crippen LogP contribution in [-0.2, 0) is 38.2 Å². The lowest BCUT2D eigenvalue weighted by Gasteiger charge is -2.42. The second kappa shape index (κ2) is 10.6. The molecule has 3 aromatic rings. The van der Waals surface area contributed by atoms with Gasteiger partial charge in [0.25, 0.3) is 5.82 Å². The normalized spacial score (nSPS) is 22.5. The molecule has 0 aliphatic carbocycles. The van der Waals surface area contributed by atoms with Crippen LogP contribution in [0.15, 0.2) is 52.6 Å². The number of ether oxygens (including phenoxy) is 3. The summed E-state index contributed by atoms with van der Waals surface area (Å²) in [6.07, 6.45) is 6.17. The maximum atomic E-state index is 11.9. The van der Waals surface area contributed by atoms with Crippen LogP contribution < -0.4 is 18.9 Å². The number of nitrogens with zero attached hydrogens (tertiary/aromatic N) is 3. The molecule has 0 radical (unpaired) electrons. The number of allylic oxidation sites excluding steroid dienone is 1. The van der Waals surface area contributed by atoms with Crippen LogP contribution in [0.5, 0.6) is 11.5 Å². The van der Waals surface area contributed by atoms with Gasteiger partial charge in [0, 0.05) is 53.9 Å². The van der Waals surface area contributed by atoms with Crippen molar-refractivity contribution in [3.05, 3.63) is 59.1 Å². The lowest BCUT2D eigenvalue weighted by atomic mass is 9.78. The number of aryl methyl sites for hydroxylation is 2. The third-order valence-corrected chi connectivity index (χ3v) is 11.0. The van der Waals surface area contributed by atoms with E-state index in [1.165, 1.54) is 6.07 Å². The Kier molecular flexibility index (Phi) is 6.79. The number of aromatic nitrogens is 2. The molecule has 0 saturated heterocycles. The van der Waals surface area contributed by atoms with E-state index < -0.39 is 21.5 Å². The van der Waals surface area contributed by atoms with Crippen LogP contribution in [0.1, 0.15) is 63.8 Å². The standard InChI is InChI=1S/C34H37N3O8S/c1-34(2)23-16-20(46(40,41)42)7-8-24(23)35-12-9-27-21(32(34)35)17-22-28(45-27)10-13-37-26-19-30-29(43-14-15-44-30)18-25(26)36(33(22)37)11-5-3-4-6-31(38)39/h7-8,16-19,27-28H,3-6,9-15H2,1-2H3,(H-,38,39,40,41,42). The zero-order chi connectivity index (χ0) is 32.0. The number of aliphatic carboxylic acids is 1. The number of imidazole rings is 1. The van der Waals surface area contributed by atoms with Gasteiger partial charge in [0.1, 0.15) is 23.3 Å². The van der Waals surface area contributed by atoms with Gasteiger partial charge in [-0.1, -0.05) is 13.8 Å². The summed E-state index contributed by atoms with van der Waals surface area (Å²) in [5.74, 6) is 1.76. The number of hydrogen-bond donors (Lipinski definition) is 1. The quantitative estimate of drug-likeness (QED) is 0.227. The second-order valence-electron chi connectivity index (χ2n) is 13.3. The van der Waals surface area contributed by atoms with Gasteiger partial charge in [0.2, 0.25) is 0 Å². The highest BCUT2D eigenvalue weighted by Gasteiger charge is 2.49. The first-order chi connectivity index (χ1) is 22.0. The van der Waals surface area contributed by atoms with Crippen LogP contribution in [-0.4, -0.2) is 60.6 Å². The highest BCUT2D eigenvalue weighted by Crippen LogP contribution is 2.53. The van der Waals surface area contributed by atoms with Crippen LogP contribution in [0.2, 0.25) is 0 Å². The van der Waals surface area contributed by atoms with E-state index in [2.05, 4.69) is 46.1 Å². The van der Waals surface area contributed by atoms with E-state index in [-0.39, 0.29) is 23.5 Å². The molecule has 1 aromatic heterocycles. The predicted octanol–water partition coefficient (Wildman–Crippen LogP) is 4.26. The molecule has 2 aromatic carbocycles. The van der Waals surface area contributed by atoms with E-state index in [4.69, 9.17) is 19.3 Å². The Morgan fingerprint density at radius 3 is 2.61 bits per heavy atom. The highest BCUT2D eigenvalue weighted by atomic mass is 32.2. The number of hydrogen-bond acceptors (Lipinski definition) is 8. The Bertz CT molecular complexity index is 1980. The zero-order valence-electron chi connectivity index (χ0n) is 26.0. The number of unbranched alkanes of at least 4 members (excludes halogenated alkanes) is 2. The molecule has 2 atom stereocenters. The minimum Gasteiger partial charge on any atom is -0.744 e. The number of rotatable bonds is 7. The highest BCUT2D eigenvalue weighted by molar-refractivity contribution is 7.85. The fourth-order valence-corrected chi connectivity index (χ4v) is 8.67. The van der Waals surface area contributed by atoms with Crippen molar-refractivity contribution in [2.45, 2.75) is 88.0 Å². The first-order valence-corrected chi connectivity index (χ1v) is 17.5. The third-order valence-electron chi connectivity index (χ3n) is 10.2. The van der Waals surface area contributed by atoms with Gasteiger partial charge in [-0.2, -0.15) is 0 Å². The molecular weight excluding hydrogens is 610 g/mol. The largest absolute Gasteiger partial charge is 0.744 e. The minimum absolute atomic E-state index is 0.0813. The lowest BCUT2D eigenvalue weighted by Crippen LogP contribution is -2.49. The maximum absolute atomic E-state index is 11.9. The predicted molar refractivity (Wildman–Crippen MR) is 167 cm³/mol. The molecule has 6 heterocycles. The Morgan fingerprint density at radius 1 is 1.07 bits per heavy atom. The van der Waals surface area contributed by atoms with Gasteiger partial charge >= 0.3 is 5.97 Å². The molecule has 242 valence electrons. The van der Waals surface area contributed by atoms with Crippen molar-refractivity contribution in [2.75, 3.05) is 24.7 Å². The van der Waals surface area contributed by atoms with Gasteiger partial charge in [0.05, 0.1) is 35.8 Å². The molecule has 2 unspecified atom stereocenters. The third kappa shape index (κ3) is 4.56. The molecule has 0 bridgehead atoms. The zero-order valence-corrected chi connectivity index (χ0v) is 26.8. The van der Waals surface area contributed by atoms with Crippen LogP contribution in [0.4, 0.5) is 5.69 Å². The molecule has 1 N–H and O–H groups in total. The summed E-state index contributed by atoms with van der Waals surface area (Å²) in [6.45, 7) is 7.41. The molecule has 0 fully saturated rings. The molecular formula is C34H37N3O8S. The van der Waals surface area contributed by atoms with Crippen LogP contribution >= 0.6 is 0 Å². The Balaban J connectivity index is 1.27. The summed E-state index contributed by atoms with van der Waals surface area (Å²) in [6, 6.07) is 8.86. The first kappa shape index (κ1) is 29.5. The van der Waals surface area contributed by atoms with Crippen molar-refractivity contribution < 1.29 is 41.6 Å². The topological polar surface area (TPSA) is 134 Å². The fraction of sp³-hybridized carbons (Fsp3) is 0.471. The van der Waals surface area contributed by atoms with Gasteiger partial charge in [-0.05, 0) is 55.5 Å². The van der Waals surface area contributed by atoms with Crippen molar-refractivity contribution >= 4 is 38.4 Å². The van der Waals surface area contributed by atoms with Gasteiger partial charge in [0.15, 0.2) is 22.5 Å². The number of carbonyl (C=O) groups is 1.